The highest BCUT2D eigenvalue weighted by atomic mass is 32.1. The Morgan fingerprint density at radius 1 is 1.14 bits per heavy atom. The molecule has 2 aromatic heterocycles. The molecule has 2 heterocycles. The van der Waals surface area contributed by atoms with Crippen LogP contribution in [0.2, 0.25) is 0 Å². The van der Waals surface area contributed by atoms with E-state index in [9.17, 15) is 9.59 Å². The number of hydrogen-bond donors (Lipinski definition) is 1. The number of aromatic nitrogens is 1. The summed E-state index contributed by atoms with van der Waals surface area (Å²) in [7, 11) is 0. The molecule has 7 heteroatoms. The third kappa shape index (κ3) is 5.27. The molecule has 0 spiro atoms. The lowest BCUT2D eigenvalue weighted by Crippen LogP contribution is -2.38. The minimum Gasteiger partial charge on any atom is -0.335 e. The fourth-order valence-corrected chi connectivity index (χ4v) is 4.08. The van der Waals surface area contributed by atoms with Crippen LogP contribution in [0.25, 0.3) is 0 Å². The first-order valence-corrected chi connectivity index (χ1v) is 11.0. The molecule has 0 aliphatic heterocycles. The predicted octanol–water partition coefficient (Wildman–Crippen LogP) is 4.83. The monoisotopic (exact) mass is 413 g/mol. The Hall–Kier alpha value is -2.51. The first-order chi connectivity index (χ1) is 13.6. The number of carbonyl (C=O) groups is 2. The normalized spacial score (nSPS) is 11.8. The summed E-state index contributed by atoms with van der Waals surface area (Å²) in [6.45, 7) is 4.73. The van der Waals surface area contributed by atoms with Crippen LogP contribution in [0.5, 0.6) is 0 Å². The second kappa shape index (κ2) is 9.61. The van der Waals surface area contributed by atoms with Gasteiger partial charge in [-0.3, -0.25) is 14.9 Å². The highest BCUT2D eigenvalue weighted by Crippen LogP contribution is 2.20. The van der Waals surface area contributed by atoms with Crippen LogP contribution in [0.1, 0.15) is 41.2 Å². The molecule has 28 heavy (non-hydrogen) atoms. The van der Waals surface area contributed by atoms with Gasteiger partial charge in [-0.05, 0) is 30.4 Å². The van der Waals surface area contributed by atoms with Gasteiger partial charge in [0.15, 0.2) is 5.13 Å². The Bertz CT molecular complexity index is 907. The van der Waals surface area contributed by atoms with Crippen molar-refractivity contribution in [1.29, 1.82) is 0 Å². The second-order valence-corrected chi connectivity index (χ2v) is 8.32. The first-order valence-electron chi connectivity index (χ1n) is 9.19. The summed E-state index contributed by atoms with van der Waals surface area (Å²) in [5.74, 6) is -0.132. The maximum atomic E-state index is 12.9. The molecule has 0 radical (unpaired) electrons. The molecule has 0 saturated heterocycles. The number of thiophene rings is 1. The van der Waals surface area contributed by atoms with Crippen LogP contribution in [0, 0.1) is 0 Å². The molecule has 0 bridgehead atoms. The van der Waals surface area contributed by atoms with Crippen LogP contribution in [0.4, 0.5) is 5.13 Å². The zero-order valence-electron chi connectivity index (χ0n) is 15.9. The van der Waals surface area contributed by atoms with Crippen molar-refractivity contribution in [2.45, 2.75) is 39.3 Å². The van der Waals surface area contributed by atoms with Crippen molar-refractivity contribution in [3.05, 3.63) is 69.4 Å². The van der Waals surface area contributed by atoms with Crippen LogP contribution in [-0.4, -0.2) is 27.7 Å². The van der Waals surface area contributed by atoms with E-state index in [0.29, 0.717) is 22.2 Å². The molecule has 146 valence electrons. The zero-order valence-corrected chi connectivity index (χ0v) is 17.6. The summed E-state index contributed by atoms with van der Waals surface area (Å²) < 4.78 is 0. The maximum absolute atomic E-state index is 12.9. The largest absolute Gasteiger partial charge is 0.335 e. The Balaban J connectivity index is 1.64. The third-order valence-corrected chi connectivity index (χ3v) is 6.16. The van der Waals surface area contributed by atoms with Crippen LogP contribution in [0.15, 0.2) is 53.2 Å². The van der Waals surface area contributed by atoms with E-state index >= 15 is 0 Å². The molecular formula is C21H23N3O2S2. The van der Waals surface area contributed by atoms with E-state index in [4.69, 9.17) is 0 Å². The Morgan fingerprint density at radius 2 is 1.93 bits per heavy atom. The van der Waals surface area contributed by atoms with Gasteiger partial charge in [0.05, 0.1) is 17.0 Å². The van der Waals surface area contributed by atoms with E-state index < -0.39 is 0 Å². The van der Waals surface area contributed by atoms with E-state index in [0.717, 1.165) is 12.0 Å². The fraction of sp³-hybridized carbons (Fsp3) is 0.286. The van der Waals surface area contributed by atoms with Crippen molar-refractivity contribution in [2.75, 3.05) is 5.32 Å². The lowest BCUT2D eigenvalue weighted by Gasteiger charge is -2.28. The molecule has 1 atom stereocenters. The van der Waals surface area contributed by atoms with Crippen molar-refractivity contribution in [3.63, 3.8) is 0 Å². The van der Waals surface area contributed by atoms with Crippen molar-refractivity contribution >= 4 is 39.6 Å². The average molecular weight is 414 g/mol. The SMILES string of the molecule is CCC(C)N(Cc1ccccc1)C(=O)Cc1csc(NC(=O)c2cccs2)n1. The Kier molecular flexibility index (Phi) is 6.95. The van der Waals surface area contributed by atoms with Crippen molar-refractivity contribution in [2.24, 2.45) is 0 Å². The minimum absolute atomic E-state index is 0.0413. The third-order valence-electron chi connectivity index (χ3n) is 4.49. The number of benzene rings is 1. The molecular weight excluding hydrogens is 390 g/mol. The average Bonchev–Trinajstić information content (AvgIpc) is 3.38. The topological polar surface area (TPSA) is 62.3 Å². The fourth-order valence-electron chi connectivity index (χ4n) is 2.76. The number of carbonyl (C=O) groups excluding carboxylic acids is 2. The molecule has 1 N–H and O–H groups in total. The van der Waals surface area contributed by atoms with Gasteiger partial charge in [-0.25, -0.2) is 4.98 Å². The number of rotatable bonds is 8. The smallest absolute Gasteiger partial charge is 0.267 e. The van der Waals surface area contributed by atoms with Gasteiger partial charge in [0.1, 0.15) is 0 Å². The molecule has 0 aliphatic carbocycles. The number of anilines is 1. The van der Waals surface area contributed by atoms with Crippen molar-refractivity contribution in [3.8, 4) is 0 Å². The molecule has 1 unspecified atom stereocenters. The summed E-state index contributed by atoms with van der Waals surface area (Å²) >= 11 is 2.72. The second-order valence-electron chi connectivity index (χ2n) is 6.52. The zero-order chi connectivity index (χ0) is 19.9. The van der Waals surface area contributed by atoms with Gasteiger partial charge in [0, 0.05) is 18.0 Å². The molecule has 0 aliphatic rings. The number of nitrogens with one attached hydrogen (secondary N) is 1. The maximum Gasteiger partial charge on any atom is 0.267 e. The van der Waals surface area contributed by atoms with Crippen LogP contribution in [-0.2, 0) is 17.8 Å². The van der Waals surface area contributed by atoms with E-state index in [2.05, 4.69) is 24.1 Å². The van der Waals surface area contributed by atoms with Gasteiger partial charge in [-0.15, -0.1) is 22.7 Å². The van der Waals surface area contributed by atoms with E-state index in [-0.39, 0.29) is 24.3 Å². The van der Waals surface area contributed by atoms with Gasteiger partial charge in [-0.2, -0.15) is 0 Å². The Morgan fingerprint density at radius 3 is 2.61 bits per heavy atom. The number of nitrogens with zero attached hydrogens (tertiary/aromatic N) is 2. The summed E-state index contributed by atoms with van der Waals surface area (Å²) in [4.78, 5) is 32.0. The van der Waals surface area contributed by atoms with Gasteiger partial charge in [0.2, 0.25) is 5.91 Å². The molecule has 3 rings (SSSR count). The molecule has 0 saturated carbocycles. The lowest BCUT2D eigenvalue weighted by atomic mass is 10.1. The highest BCUT2D eigenvalue weighted by Gasteiger charge is 2.21. The lowest BCUT2D eigenvalue weighted by molar-refractivity contribution is -0.133. The van der Waals surface area contributed by atoms with Crippen LogP contribution < -0.4 is 5.32 Å². The molecule has 2 amide bonds. The summed E-state index contributed by atoms with van der Waals surface area (Å²) in [5, 5.41) is 7.00. The van der Waals surface area contributed by atoms with E-state index in [1.807, 2.05) is 52.1 Å². The van der Waals surface area contributed by atoms with Crippen LogP contribution in [0.3, 0.4) is 0 Å². The van der Waals surface area contributed by atoms with Crippen molar-refractivity contribution in [1.82, 2.24) is 9.88 Å². The minimum atomic E-state index is -0.174. The van der Waals surface area contributed by atoms with Gasteiger partial charge < -0.3 is 4.90 Å². The number of hydrogen-bond acceptors (Lipinski definition) is 5. The quantitative estimate of drug-likeness (QED) is 0.575. The van der Waals surface area contributed by atoms with E-state index in [1.54, 1.807) is 6.07 Å². The summed E-state index contributed by atoms with van der Waals surface area (Å²) in [6.07, 6.45) is 1.11. The standard InChI is InChI=1S/C21H23N3O2S2/c1-3-15(2)24(13-16-8-5-4-6-9-16)19(25)12-17-14-28-21(22-17)23-20(26)18-10-7-11-27-18/h4-11,14-15H,3,12-13H2,1-2H3,(H,22,23,26). The molecule has 0 fully saturated rings. The molecule has 1 aromatic carbocycles. The number of thiazole rings is 1. The van der Waals surface area contributed by atoms with Gasteiger partial charge in [-0.1, -0.05) is 43.3 Å². The van der Waals surface area contributed by atoms with Gasteiger partial charge in [0.25, 0.3) is 5.91 Å². The highest BCUT2D eigenvalue weighted by molar-refractivity contribution is 7.14. The Labute approximate surface area is 173 Å². The van der Waals surface area contributed by atoms with Gasteiger partial charge >= 0.3 is 0 Å². The van der Waals surface area contributed by atoms with Crippen LogP contribution >= 0.6 is 22.7 Å². The molecule has 3 aromatic rings. The summed E-state index contributed by atoms with van der Waals surface area (Å²) in [5.41, 5.74) is 1.79. The first kappa shape index (κ1) is 20.2. The van der Waals surface area contributed by atoms with E-state index in [1.165, 1.54) is 22.7 Å². The summed E-state index contributed by atoms with van der Waals surface area (Å²) in [6, 6.07) is 13.8. The molecule has 5 nitrogen and oxygen atoms in total. The number of amides is 2. The van der Waals surface area contributed by atoms with Crippen molar-refractivity contribution < 1.29 is 9.59 Å². The predicted molar refractivity (Wildman–Crippen MR) is 115 cm³/mol.